The molecule has 3 atom stereocenters. The standard InChI is InChI=1S/C25H19NO4/c27-23-18-11-5-4-8-16(18)14-15-21(23)30-25(29)26-20-13-7-6-12-19(20)22(24(26)28)17-9-2-1-3-10-17/h1-15,21-23,27H. The van der Waals surface area contributed by atoms with Crippen molar-refractivity contribution in [2.24, 2.45) is 0 Å². The summed E-state index contributed by atoms with van der Waals surface area (Å²) in [6.07, 6.45) is 0.800. The van der Waals surface area contributed by atoms with E-state index >= 15 is 0 Å². The van der Waals surface area contributed by atoms with Crippen LogP contribution in [0.3, 0.4) is 0 Å². The second-order valence-corrected chi connectivity index (χ2v) is 7.36. The van der Waals surface area contributed by atoms with Crippen molar-refractivity contribution in [3.63, 3.8) is 0 Å². The second-order valence-electron chi connectivity index (χ2n) is 7.36. The van der Waals surface area contributed by atoms with Crippen LogP contribution < -0.4 is 4.90 Å². The van der Waals surface area contributed by atoms with E-state index in [0.717, 1.165) is 21.6 Å². The molecular weight excluding hydrogens is 378 g/mol. The van der Waals surface area contributed by atoms with Crippen LogP contribution in [-0.4, -0.2) is 23.2 Å². The Kier molecular flexibility index (Phi) is 4.45. The molecule has 1 N–H and O–H groups in total. The number of anilines is 1. The van der Waals surface area contributed by atoms with Gasteiger partial charge in [0.25, 0.3) is 0 Å². The third kappa shape index (κ3) is 2.91. The Balaban J connectivity index is 1.45. The van der Waals surface area contributed by atoms with E-state index in [4.69, 9.17) is 4.74 Å². The fourth-order valence-electron chi connectivity index (χ4n) is 4.16. The van der Waals surface area contributed by atoms with Crippen molar-refractivity contribution in [1.82, 2.24) is 0 Å². The molecule has 1 aliphatic heterocycles. The Morgan fingerprint density at radius 2 is 1.53 bits per heavy atom. The summed E-state index contributed by atoms with van der Waals surface area (Å²) in [4.78, 5) is 27.4. The third-order valence-corrected chi connectivity index (χ3v) is 5.60. The Labute approximate surface area is 173 Å². The molecule has 3 aromatic rings. The smallest absolute Gasteiger partial charge is 0.421 e. The van der Waals surface area contributed by atoms with Gasteiger partial charge in [-0.25, -0.2) is 9.69 Å². The number of aliphatic hydroxyl groups excluding tert-OH is 1. The molecule has 0 spiro atoms. The van der Waals surface area contributed by atoms with Gasteiger partial charge < -0.3 is 9.84 Å². The topological polar surface area (TPSA) is 66.8 Å². The molecule has 0 aromatic heterocycles. The van der Waals surface area contributed by atoms with Crippen molar-refractivity contribution in [1.29, 1.82) is 0 Å². The van der Waals surface area contributed by atoms with Crippen molar-refractivity contribution in [2.45, 2.75) is 18.1 Å². The van der Waals surface area contributed by atoms with Crippen molar-refractivity contribution >= 4 is 23.8 Å². The van der Waals surface area contributed by atoms with Gasteiger partial charge in [-0.15, -0.1) is 0 Å². The van der Waals surface area contributed by atoms with Crippen LogP contribution in [0.5, 0.6) is 0 Å². The fourth-order valence-corrected chi connectivity index (χ4v) is 4.16. The summed E-state index contributed by atoms with van der Waals surface area (Å²) in [7, 11) is 0. The van der Waals surface area contributed by atoms with Gasteiger partial charge in [0.15, 0.2) is 6.10 Å². The maximum absolute atomic E-state index is 13.3. The van der Waals surface area contributed by atoms with E-state index in [1.165, 1.54) is 0 Å². The monoisotopic (exact) mass is 397 g/mol. The quantitative estimate of drug-likeness (QED) is 0.695. The number of carbonyl (C=O) groups excluding carboxylic acids is 2. The summed E-state index contributed by atoms with van der Waals surface area (Å²) in [5.41, 5.74) is 3.65. The van der Waals surface area contributed by atoms with Crippen LogP contribution in [0.25, 0.3) is 6.08 Å². The van der Waals surface area contributed by atoms with E-state index in [0.29, 0.717) is 11.3 Å². The highest BCUT2D eigenvalue weighted by molar-refractivity contribution is 6.20. The average molecular weight is 397 g/mol. The Morgan fingerprint density at radius 1 is 0.867 bits per heavy atom. The van der Waals surface area contributed by atoms with Gasteiger partial charge in [0.1, 0.15) is 6.10 Å². The van der Waals surface area contributed by atoms with Gasteiger partial charge in [-0.1, -0.05) is 78.9 Å². The minimum atomic E-state index is -0.993. The number of carbonyl (C=O) groups is 2. The molecule has 2 aliphatic rings. The van der Waals surface area contributed by atoms with Crippen LogP contribution in [0.4, 0.5) is 10.5 Å². The lowest BCUT2D eigenvalue weighted by molar-refractivity contribution is -0.118. The first-order chi connectivity index (χ1) is 14.6. The predicted octanol–water partition coefficient (Wildman–Crippen LogP) is 4.43. The largest absolute Gasteiger partial charge is 0.438 e. The molecule has 5 nitrogen and oxygen atoms in total. The van der Waals surface area contributed by atoms with Crippen LogP contribution in [0.2, 0.25) is 0 Å². The first kappa shape index (κ1) is 18.3. The fraction of sp³-hybridized carbons (Fsp3) is 0.120. The number of fused-ring (bicyclic) bond motifs is 2. The predicted molar refractivity (Wildman–Crippen MR) is 113 cm³/mol. The van der Waals surface area contributed by atoms with Crippen LogP contribution in [-0.2, 0) is 9.53 Å². The van der Waals surface area contributed by atoms with E-state index in [2.05, 4.69) is 0 Å². The summed E-state index contributed by atoms with van der Waals surface area (Å²) in [6.45, 7) is 0. The number of amides is 2. The minimum absolute atomic E-state index is 0.359. The Morgan fingerprint density at radius 3 is 2.33 bits per heavy atom. The normalized spacial score (nSPS) is 21.8. The zero-order valence-corrected chi connectivity index (χ0v) is 16.0. The number of rotatable bonds is 2. The SMILES string of the molecule is O=C(OC1C=Cc2ccccc2C1O)N1C(=O)C(c2ccccc2)c2ccccc21. The molecule has 148 valence electrons. The molecule has 0 fully saturated rings. The number of nitrogens with zero attached hydrogens (tertiary/aromatic N) is 1. The van der Waals surface area contributed by atoms with E-state index < -0.39 is 24.2 Å². The molecule has 1 heterocycles. The molecule has 1 aliphatic carbocycles. The van der Waals surface area contributed by atoms with Crippen LogP contribution in [0.1, 0.15) is 34.3 Å². The number of hydrogen-bond donors (Lipinski definition) is 1. The highest BCUT2D eigenvalue weighted by Gasteiger charge is 2.43. The van der Waals surface area contributed by atoms with Gasteiger partial charge in [0.2, 0.25) is 5.91 Å². The molecular formula is C25H19NO4. The van der Waals surface area contributed by atoms with Crippen molar-refractivity contribution in [2.75, 3.05) is 4.90 Å². The molecule has 0 radical (unpaired) electrons. The number of imide groups is 1. The lowest BCUT2D eigenvalue weighted by atomic mass is 9.93. The summed E-state index contributed by atoms with van der Waals surface area (Å²) in [5, 5.41) is 10.7. The van der Waals surface area contributed by atoms with Crippen molar-refractivity contribution in [3.8, 4) is 0 Å². The summed E-state index contributed by atoms with van der Waals surface area (Å²) < 4.78 is 5.59. The van der Waals surface area contributed by atoms with E-state index in [9.17, 15) is 14.7 Å². The number of benzene rings is 3. The van der Waals surface area contributed by atoms with Gasteiger partial charge in [-0.3, -0.25) is 4.79 Å². The molecule has 2 amide bonds. The molecule has 0 bridgehead atoms. The highest BCUT2D eigenvalue weighted by Crippen LogP contribution is 2.41. The molecule has 0 saturated heterocycles. The first-order valence-corrected chi connectivity index (χ1v) is 9.79. The zero-order valence-electron chi connectivity index (χ0n) is 16.0. The van der Waals surface area contributed by atoms with Gasteiger partial charge in [-0.05, 0) is 34.4 Å². The zero-order chi connectivity index (χ0) is 20.7. The van der Waals surface area contributed by atoms with Gasteiger partial charge in [0, 0.05) is 0 Å². The van der Waals surface area contributed by atoms with E-state index in [1.54, 1.807) is 24.3 Å². The Hall–Kier alpha value is -3.70. The van der Waals surface area contributed by atoms with Crippen molar-refractivity contribution < 1.29 is 19.4 Å². The van der Waals surface area contributed by atoms with Gasteiger partial charge in [-0.2, -0.15) is 0 Å². The molecule has 3 unspecified atom stereocenters. The highest BCUT2D eigenvalue weighted by atomic mass is 16.6. The lowest BCUT2D eigenvalue weighted by Crippen LogP contribution is -2.39. The number of aliphatic hydroxyl groups is 1. The van der Waals surface area contributed by atoms with Crippen molar-refractivity contribution in [3.05, 3.63) is 107 Å². The van der Waals surface area contributed by atoms with E-state index in [1.807, 2.05) is 66.7 Å². The molecule has 0 saturated carbocycles. The lowest BCUT2D eigenvalue weighted by Gasteiger charge is -2.27. The van der Waals surface area contributed by atoms with Gasteiger partial charge >= 0.3 is 6.09 Å². The van der Waals surface area contributed by atoms with Crippen LogP contribution in [0.15, 0.2) is 84.9 Å². The molecule has 5 rings (SSSR count). The molecule has 30 heavy (non-hydrogen) atoms. The van der Waals surface area contributed by atoms with Gasteiger partial charge in [0.05, 0.1) is 11.6 Å². The second kappa shape index (κ2) is 7.28. The first-order valence-electron chi connectivity index (χ1n) is 9.79. The maximum atomic E-state index is 13.3. The number of para-hydroxylation sites is 1. The Bertz CT molecular complexity index is 1150. The van der Waals surface area contributed by atoms with E-state index in [-0.39, 0.29) is 5.91 Å². The number of hydrogen-bond acceptors (Lipinski definition) is 4. The maximum Gasteiger partial charge on any atom is 0.421 e. The van der Waals surface area contributed by atoms with Crippen LogP contribution in [0, 0.1) is 0 Å². The summed E-state index contributed by atoms with van der Waals surface area (Å²) in [5.74, 6) is -0.926. The number of ether oxygens (including phenoxy) is 1. The minimum Gasteiger partial charge on any atom is -0.438 e. The third-order valence-electron chi connectivity index (χ3n) is 5.60. The molecule has 5 heteroatoms. The summed E-state index contributed by atoms with van der Waals surface area (Å²) >= 11 is 0. The summed E-state index contributed by atoms with van der Waals surface area (Å²) in [6, 6.07) is 24.0. The van der Waals surface area contributed by atoms with Crippen LogP contribution >= 0.6 is 0 Å². The molecule has 3 aromatic carbocycles. The average Bonchev–Trinajstić information content (AvgIpc) is 3.08.